The Labute approximate surface area is 203 Å². The Balaban J connectivity index is 1.77. The van der Waals surface area contributed by atoms with E-state index in [0.29, 0.717) is 5.56 Å². The molecule has 4 aromatic rings. The highest BCUT2D eigenvalue weighted by Crippen LogP contribution is 2.38. The van der Waals surface area contributed by atoms with E-state index >= 15 is 0 Å². The number of nitrogens with two attached hydrogens (primary N) is 1. The molecule has 4 N–H and O–H groups in total. The minimum atomic E-state index is -0.770. The van der Waals surface area contributed by atoms with Crippen molar-refractivity contribution in [1.29, 1.82) is 0 Å². The molecule has 186 valence electrons. The molecule has 0 fully saturated rings. The van der Waals surface area contributed by atoms with Gasteiger partial charge in [0.1, 0.15) is 40.8 Å². The molecule has 2 atom stereocenters. The van der Waals surface area contributed by atoms with Crippen LogP contribution in [0.5, 0.6) is 5.88 Å². The van der Waals surface area contributed by atoms with E-state index < -0.39 is 35.5 Å². The summed E-state index contributed by atoms with van der Waals surface area (Å²) in [7, 11) is 0. The quantitative estimate of drug-likeness (QED) is 0.366. The number of aromatic nitrogens is 4. The van der Waals surface area contributed by atoms with Gasteiger partial charge in [0.15, 0.2) is 5.65 Å². The normalized spacial score (nSPS) is 17.9. The van der Waals surface area contributed by atoms with Crippen molar-refractivity contribution in [3.63, 3.8) is 0 Å². The lowest BCUT2D eigenvalue weighted by Gasteiger charge is -2.22. The van der Waals surface area contributed by atoms with Gasteiger partial charge in [-0.15, -0.1) is 0 Å². The van der Waals surface area contributed by atoms with Gasteiger partial charge in [0.05, 0.1) is 30.5 Å². The molecule has 12 heteroatoms. The van der Waals surface area contributed by atoms with Gasteiger partial charge in [0.2, 0.25) is 5.88 Å². The smallest absolute Gasteiger partial charge is 0.256 e. The fourth-order valence-electron chi connectivity index (χ4n) is 4.05. The second-order valence-corrected chi connectivity index (χ2v) is 8.63. The molecule has 5 rings (SSSR count). The average molecular weight is 497 g/mol. The molecule has 4 heterocycles. The number of pyridine rings is 1. The van der Waals surface area contributed by atoms with Gasteiger partial charge < -0.3 is 21.1 Å². The van der Waals surface area contributed by atoms with E-state index in [9.17, 15) is 18.0 Å². The third-order valence-electron chi connectivity index (χ3n) is 6.03. The molecule has 0 spiro atoms. The second kappa shape index (κ2) is 8.70. The second-order valence-electron chi connectivity index (χ2n) is 8.63. The number of halogens is 3. The number of benzene rings is 1. The maximum atomic E-state index is 14.5. The van der Waals surface area contributed by atoms with Crippen molar-refractivity contribution in [3.05, 3.63) is 64.7 Å². The number of nitrogens with one attached hydrogen (secondary N) is 2. The summed E-state index contributed by atoms with van der Waals surface area (Å²) in [6, 6.07) is 2.90. The molecular formula is C24H22F3N7O2. The van der Waals surface area contributed by atoms with Crippen molar-refractivity contribution in [2.24, 2.45) is 0 Å². The Morgan fingerprint density at radius 2 is 1.86 bits per heavy atom. The van der Waals surface area contributed by atoms with E-state index in [2.05, 4.69) is 25.7 Å². The number of nitrogen functional groups attached to an aromatic ring is 1. The lowest BCUT2D eigenvalue weighted by molar-refractivity contribution is 0.0932. The molecule has 0 unspecified atom stereocenters. The summed E-state index contributed by atoms with van der Waals surface area (Å²) in [5.74, 6) is -2.34. The molecular weight excluding hydrogens is 475 g/mol. The molecule has 0 saturated heterocycles. The van der Waals surface area contributed by atoms with Gasteiger partial charge in [0, 0.05) is 11.1 Å². The number of rotatable bonds is 1. The molecule has 1 aliphatic rings. The van der Waals surface area contributed by atoms with Crippen LogP contribution in [0, 0.1) is 24.4 Å². The number of carbonyl (C=O) groups is 1. The van der Waals surface area contributed by atoms with E-state index in [-0.39, 0.29) is 52.0 Å². The zero-order valence-electron chi connectivity index (χ0n) is 19.6. The predicted molar refractivity (Wildman–Crippen MR) is 126 cm³/mol. The molecule has 9 nitrogen and oxygen atoms in total. The molecule has 36 heavy (non-hydrogen) atoms. The summed E-state index contributed by atoms with van der Waals surface area (Å²) in [5.41, 5.74) is 7.17. The van der Waals surface area contributed by atoms with Gasteiger partial charge in [-0.2, -0.15) is 9.61 Å². The van der Waals surface area contributed by atoms with Crippen LogP contribution in [0.3, 0.4) is 0 Å². The van der Waals surface area contributed by atoms with E-state index in [1.807, 2.05) is 0 Å². The van der Waals surface area contributed by atoms with Crippen LogP contribution in [-0.4, -0.2) is 38.1 Å². The summed E-state index contributed by atoms with van der Waals surface area (Å²) in [6.07, 6.45) is 1.83. The number of amides is 1. The first-order valence-corrected chi connectivity index (χ1v) is 11.1. The first-order valence-electron chi connectivity index (χ1n) is 11.1. The molecule has 3 aromatic heterocycles. The van der Waals surface area contributed by atoms with Crippen LogP contribution in [-0.2, 0) is 0 Å². The standard InChI is InChI=1S/C24H22F3N7O2/c1-10-7-29-23(35)16-9-31-34-20(28)19(13-4-17(26)11(2)18(27)5-13)21(33-22(16)34)32-12(3)15-6-14(25)8-30-24(15)36-10/h4-6,8-10,12H,7,28H2,1-3H3,(H,29,35)(H,32,33)/t10-,12+/m0/s1. The first-order chi connectivity index (χ1) is 17.1. The first kappa shape index (κ1) is 23.4. The minimum absolute atomic E-state index is 0.00603. The van der Waals surface area contributed by atoms with Gasteiger partial charge in [-0.1, -0.05) is 0 Å². The van der Waals surface area contributed by atoms with Crippen molar-refractivity contribution in [2.75, 3.05) is 17.6 Å². The third kappa shape index (κ3) is 3.93. The van der Waals surface area contributed by atoms with E-state index in [4.69, 9.17) is 10.5 Å². The lowest BCUT2D eigenvalue weighted by atomic mass is 10.0. The molecule has 0 saturated carbocycles. The van der Waals surface area contributed by atoms with E-state index in [1.54, 1.807) is 13.8 Å². The van der Waals surface area contributed by atoms with Gasteiger partial charge >= 0.3 is 0 Å². The van der Waals surface area contributed by atoms with Gasteiger partial charge in [-0.25, -0.2) is 23.1 Å². The minimum Gasteiger partial charge on any atom is -0.473 e. The summed E-state index contributed by atoms with van der Waals surface area (Å²) in [5, 5.41) is 10.1. The Morgan fingerprint density at radius 1 is 1.14 bits per heavy atom. The predicted octanol–water partition coefficient (Wildman–Crippen LogP) is 3.78. The largest absolute Gasteiger partial charge is 0.473 e. The summed E-state index contributed by atoms with van der Waals surface area (Å²) < 4.78 is 50.3. The van der Waals surface area contributed by atoms with Crippen molar-refractivity contribution < 1.29 is 22.7 Å². The van der Waals surface area contributed by atoms with Gasteiger partial charge in [-0.3, -0.25) is 4.79 Å². The van der Waals surface area contributed by atoms with Crippen LogP contribution in [0.4, 0.5) is 24.8 Å². The Hall–Kier alpha value is -4.35. The van der Waals surface area contributed by atoms with Crippen molar-refractivity contribution in [1.82, 2.24) is 24.9 Å². The number of fused-ring (bicyclic) bond motifs is 2. The zero-order chi connectivity index (χ0) is 25.7. The molecule has 0 aliphatic carbocycles. The van der Waals surface area contributed by atoms with Crippen LogP contribution in [0.2, 0.25) is 0 Å². The van der Waals surface area contributed by atoms with Gasteiger partial charge in [-0.05, 0) is 44.5 Å². The van der Waals surface area contributed by atoms with Crippen molar-refractivity contribution in [2.45, 2.75) is 32.9 Å². The van der Waals surface area contributed by atoms with Crippen molar-refractivity contribution >= 4 is 23.2 Å². The number of nitrogens with zero attached hydrogens (tertiary/aromatic N) is 4. The highest BCUT2D eigenvalue weighted by Gasteiger charge is 2.26. The highest BCUT2D eigenvalue weighted by molar-refractivity contribution is 6.01. The molecule has 2 bridgehead atoms. The Morgan fingerprint density at radius 3 is 2.58 bits per heavy atom. The lowest BCUT2D eigenvalue weighted by Crippen LogP contribution is -2.34. The van der Waals surface area contributed by atoms with Crippen LogP contribution >= 0.6 is 0 Å². The number of anilines is 2. The van der Waals surface area contributed by atoms with Crippen LogP contribution in [0.15, 0.2) is 30.6 Å². The summed E-state index contributed by atoms with van der Waals surface area (Å²) >= 11 is 0. The number of hydrogen-bond acceptors (Lipinski definition) is 7. The maximum Gasteiger partial charge on any atom is 0.256 e. The van der Waals surface area contributed by atoms with Crippen LogP contribution < -0.4 is 21.1 Å². The molecule has 0 radical (unpaired) electrons. The monoisotopic (exact) mass is 497 g/mol. The van der Waals surface area contributed by atoms with E-state index in [0.717, 1.165) is 18.3 Å². The molecule has 1 aromatic carbocycles. The fourth-order valence-corrected chi connectivity index (χ4v) is 4.05. The number of carbonyl (C=O) groups excluding carboxylic acids is 1. The Kier molecular flexibility index (Phi) is 5.65. The average Bonchev–Trinajstić information content (AvgIpc) is 3.26. The van der Waals surface area contributed by atoms with Crippen LogP contribution in [0.25, 0.3) is 16.8 Å². The SMILES string of the molecule is Cc1c(F)cc(-c2c3nc4c(cnn4c2N)C(=O)NC[C@H](C)Oc2ncc(F)cc2[C@@H](C)N3)cc1F. The highest BCUT2D eigenvalue weighted by atomic mass is 19.1. The van der Waals surface area contributed by atoms with Gasteiger partial charge in [0.25, 0.3) is 5.91 Å². The Bertz CT molecular complexity index is 1500. The summed E-state index contributed by atoms with van der Waals surface area (Å²) in [4.78, 5) is 21.5. The fraction of sp³-hybridized carbons (Fsp3) is 0.250. The molecule has 1 amide bonds. The van der Waals surface area contributed by atoms with Crippen molar-refractivity contribution in [3.8, 4) is 17.0 Å². The summed E-state index contributed by atoms with van der Waals surface area (Å²) in [6.45, 7) is 4.89. The van der Waals surface area contributed by atoms with Crippen LogP contribution in [0.1, 0.15) is 41.4 Å². The number of ether oxygens (including phenoxy) is 1. The third-order valence-corrected chi connectivity index (χ3v) is 6.03. The zero-order valence-corrected chi connectivity index (χ0v) is 19.6. The topological polar surface area (TPSA) is 119 Å². The maximum absolute atomic E-state index is 14.5. The molecule has 1 aliphatic heterocycles. The van der Waals surface area contributed by atoms with E-state index in [1.165, 1.54) is 23.7 Å². The number of hydrogen-bond donors (Lipinski definition) is 3.